The predicted octanol–water partition coefficient (Wildman–Crippen LogP) is 3.54. The Bertz CT molecular complexity index is 815. The molecule has 0 radical (unpaired) electrons. The average molecular weight is 409 g/mol. The Morgan fingerprint density at radius 2 is 2.00 bits per heavy atom. The van der Waals surface area contributed by atoms with Crippen molar-refractivity contribution in [3.05, 3.63) is 42.1 Å². The molecule has 1 aromatic carbocycles. The fourth-order valence-electron chi connectivity index (χ4n) is 3.53. The number of alkyl halides is 3. The van der Waals surface area contributed by atoms with E-state index in [0.29, 0.717) is 12.5 Å². The van der Waals surface area contributed by atoms with Gasteiger partial charge in [-0.05, 0) is 43.1 Å². The van der Waals surface area contributed by atoms with E-state index >= 15 is 0 Å². The average Bonchev–Trinajstić information content (AvgIpc) is 2.66. The molecule has 1 aliphatic rings. The minimum atomic E-state index is -4.68. The number of rotatable bonds is 6. The SMILES string of the molecule is CN(C)c1nccc(N(C)C2CCCN(Cc3cccc(OC(F)(F)F)c3)C2)n1. The summed E-state index contributed by atoms with van der Waals surface area (Å²) in [5, 5.41) is 0. The number of anilines is 2. The molecule has 1 aromatic heterocycles. The highest BCUT2D eigenvalue weighted by atomic mass is 19.4. The lowest BCUT2D eigenvalue weighted by atomic mass is 10.0. The maximum Gasteiger partial charge on any atom is 0.573 e. The molecule has 6 nitrogen and oxygen atoms in total. The molecule has 3 rings (SSSR count). The molecule has 158 valence electrons. The maximum atomic E-state index is 12.5. The zero-order valence-electron chi connectivity index (χ0n) is 16.9. The molecule has 2 heterocycles. The van der Waals surface area contributed by atoms with E-state index in [9.17, 15) is 13.2 Å². The highest BCUT2D eigenvalue weighted by Crippen LogP contribution is 2.25. The summed E-state index contributed by atoms with van der Waals surface area (Å²) in [6.07, 6.45) is -0.883. The van der Waals surface area contributed by atoms with E-state index in [0.717, 1.165) is 37.3 Å². The van der Waals surface area contributed by atoms with Gasteiger partial charge in [0.05, 0.1) is 0 Å². The Morgan fingerprint density at radius 1 is 1.21 bits per heavy atom. The van der Waals surface area contributed by atoms with E-state index < -0.39 is 6.36 Å². The van der Waals surface area contributed by atoms with Crippen LogP contribution in [0.25, 0.3) is 0 Å². The van der Waals surface area contributed by atoms with Crippen LogP contribution in [0.3, 0.4) is 0 Å². The lowest BCUT2D eigenvalue weighted by molar-refractivity contribution is -0.274. The zero-order valence-corrected chi connectivity index (χ0v) is 16.9. The first-order valence-electron chi connectivity index (χ1n) is 9.51. The van der Waals surface area contributed by atoms with Crippen LogP contribution in [-0.2, 0) is 6.54 Å². The standard InChI is InChI=1S/C20H26F3N5O/c1-26(2)19-24-10-9-18(25-19)27(3)16-7-5-11-28(14-16)13-15-6-4-8-17(12-15)29-20(21,22)23/h4,6,8-10,12,16H,5,7,11,13-14H2,1-3H3. The molecule has 0 aliphatic carbocycles. The van der Waals surface area contributed by atoms with Gasteiger partial charge in [-0.15, -0.1) is 13.2 Å². The first-order chi connectivity index (χ1) is 13.7. The summed E-state index contributed by atoms with van der Waals surface area (Å²) in [5.74, 6) is 1.33. The van der Waals surface area contributed by atoms with E-state index in [1.165, 1.54) is 12.1 Å². The molecule has 1 atom stereocenters. The van der Waals surface area contributed by atoms with Crippen LogP contribution < -0.4 is 14.5 Å². The molecule has 1 unspecified atom stereocenters. The van der Waals surface area contributed by atoms with Crippen LogP contribution in [0.2, 0.25) is 0 Å². The highest BCUT2D eigenvalue weighted by Gasteiger charge is 2.31. The Kier molecular flexibility index (Phi) is 6.46. The summed E-state index contributed by atoms with van der Waals surface area (Å²) >= 11 is 0. The summed E-state index contributed by atoms with van der Waals surface area (Å²) in [5.41, 5.74) is 0.798. The van der Waals surface area contributed by atoms with Gasteiger partial charge in [-0.1, -0.05) is 12.1 Å². The van der Waals surface area contributed by atoms with Gasteiger partial charge in [0, 0.05) is 46.5 Å². The number of hydrogen-bond donors (Lipinski definition) is 0. The third kappa shape index (κ3) is 5.96. The first kappa shape index (κ1) is 21.2. The van der Waals surface area contributed by atoms with Crippen molar-refractivity contribution in [2.45, 2.75) is 31.8 Å². The Morgan fingerprint density at radius 3 is 2.72 bits per heavy atom. The molecule has 1 saturated heterocycles. The molecule has 0 spiro atoms. The van der Waals surface area contributed by atoms with Crippen molar-refractivity contribution in [3.63, 3.8) is 0 Å². The molecule has 0 amide bonds. The number of piperidine rings is 1. The normalized spacial score (nSPS) is 17.8. The molecule has 1 fully saturated rings. The number of benzene rings is 1. The molecular formula is C20H26F3N5O. The van der Waals surface area contributed by atoms with Crippen LogP contribution >= 0.6 is 0 Å². The van der Waals surface area contributed by atoms with Gasteiger partial charge in [-0.2, -0.15) is 4.98 Å². The van der Waals surface area contributed by atoms with Gasteiger partial charge in [0.25, 0.3) is 0 Å². The number of nitrogens with zero attached hydrogens (tertiary/aromatic N) is 5. The number of likely N-dealkylation sites (N-methyl/N-ethyl adjacent to an activating group) is 1. The van der Waals surface area contributed by atoms with Crippen LogP contribution in [0.1, 0.15) is 18.4 Å². The van der Waals surface area contributed by atoms with Gasteiger partial charge >= 0.3 is 6.36 Å². The van der Waals surface area contributed by atoms with Crippen LogP contribution in [0.15, 0.2) is 36.5 Å². The summed E-state index contributed by atoms with van der Waals surface area (Å²) in [6.45, 7) is 2.29. The number of likely N-dealkylation sites (tertiary alicyclic amines) is 1. The van der Waals surface area contributed by atoms with E-state index in [-0.39, 0.29) is 11.8 Å². The van der Waals surface area contributed by atoms with Crippen LogP contribution in [0, 0.1) is 0 Å². The number of aromatic nitrogens is 2. The van der Waals surface area contributed by atoms with Gasteiger partial charge in [-0.3, -0.25) is 4.90 Å². The summed E-state index contributed by atoms with van der Waals surface area (Å²) < 4.78 is 41.4. The van der Waals surface area contributed by atoms with Crippen molar-refractivity contribution in [1.82, 2.24) is 14.9 Å². The first-order valence-corrected chi connectivity index (χ1v) is 9.51. The van der Waals surface area contributed by atoms with Crippen molar-refractivity contribution in [2.24, 2.45) is 0 Å². The third-order valence-corrected chi connectivity index (χ3v) is 4.96. The predicted molar refractivity (Wildman–Crippen MR) is 106 cm³/mol. The smallest absolute Gasteiger partial charge is 0.406 e. The second kappa shape index (κ2) is 8.86. The second-order valence-corrected chi connectivity index (χ2v) is 7.45. The molecule has 0 bridgehead atoms. The minimum Gasteiger partial charge on any atom is -0.406 e. The van der Waals surface area contributed by atoms with Crippen molar-refractivity contribution >= 4 is 11.8 Å². The third-order valence-electron chi connectivity index (χ3n) is 4.96. The van der Waals surface area contributed by atoms with Crippen LogP contribution in [-0.4, -0.2) is 61.5 Å². The molecule has 2 aromatic rings. The van der Waals surface area contributed by atoms with Crippen LogP contribution in [0.5, 0.6) is 5.75 Å². The van der Waals surface area contributed by atoms with E-state index in [1.54, 1.807) is 12.3 Å². The summed E-state index contributed by atoms with van der Waals surface area (Å²) in [4.78, 5) is 15.1. The lowest BCUT2D eigenvalue weighted by Crippen LogP contribution is -2.46. The van der Waals surface area contributed by atoms with Crippen molar-refractivity contribution < 1.29 is 17.9 Å². The maximum absolute atomic E-state index is 12.5. The van der Waals surface area contributed by atoms with E-state index in [4.69, 9.17) is 0 Å². The lowest BCUT2D eigenvalue weighted by Gasteiger charge is -2.38. The van der Waals surface area contributed by atoms with Gasteiger partial charge in [-0.25, -0.2) is 4.98 Å². The fourth-order valence-corrected chi connectivity index (χ4v) is 3.53. The summed E-state index contributed by atoms with van der Waals surface area (Å²) in [7, 11) is 5.82. The van der Waals surface area contributed by atoms with Gasteiger partial charge < -0.3 is 14.5 Å². The van der Waals surface area contributed by atoms with Crippen molar-refractivity contribution in [2.75, 3.05) is 44.0 Å². The van der Waals surface area contributed by atoms with Crippen molar-refractivity contribution in [1.29, 1.82) is 0 Å². The topological polar surface area (TPSA) is 44.7 Å². The molecule has 1 aliphatic heterocycles. The number of hydrogen-bond acceptors (Lipinski definition) is 6. The highest BCUT2D eigenvalue weighted by molar-refractivity contribution is 5.43. The van der Waals surface area contributed by atoms with E-state index in [2.05, 4.69) is 24.5 Å². The molecule has 0 N–H and O–H groups in total. The number of ether oxygens (including phenoxy) is 1. The second-order valence-electron chi connectivity index (χ2n) is 7.45. The quantitative estimate of drug-likeness (QED) is 0.727. The molecule has 9 heteroatoms. The van der Waals surface area contributed by atoms with E-state index in [1.807, 2.05) is 38.2 Å². The largest absolute Gasteiger partial charge is 0.573 e. The van der Waals surface area contributed by atoms with Gasteiger partial charge in [0.1, 0.15) is 11.6 Å². The Balaban J connectivity index is 1.65. The Hall–Kier alpha value is -2.55. The van der Waals surface area contributed by atoms with Crippen LogP contribution in [0.4, 0.5) is 24.9 Å². The number of halogens is 3. The van der Waals surface area contributed by atoms with Crippen molar-refractivity contribution in [3.8, 4) is 5.75 Å². The monoisotopic (exact) mass is 409 g/mol. The Labute approximate surface area is 168 Å². The molecular weight excluding hydrogens is 383 g/mol. The fraction of sp³-hybridized carbons (Fsp3) is 0.500. The summed E-state index contributed by atoms with van der Waals surface area (Å²) in [6, 6.07) is 8.35. The van der Waals surface area contributed by atoms with Gasteiger partial charge in [0.2, 0.25) is 5.95 Å². The zero-order chi connectivity index (χ0) is 21.0. The minimum absolute atomic E-state index is 0.183. The van der Waals surface area contributed by atoms with Gasteiger partial charge in [0.15, 0.2) is 0 Å². The molecule has 0 saturated carbocycles. The molecule has 29 heavy (non-hydrogen) atoms.